The van der Waals surface area contributed by atoms with Crippen molar-refractivity contribution < 1.29 is 19.3 Å². The van der Waals surface area contributed by atoms with E-state index < -0.39 is 6.10 Å². The lowest BCUT2D eigenvalue weighted by molar-refractivity contribution is 0.0121. The molecule has 2 unspecified atom stereocenters. The number of methoxy groups -OCH3 is 2. The van der Waals surface area contributed by atoms with Crippen molar-refractivity contribution in [1.82, 2.24) is 5.32 Å². The molecule has 0 aromatic carbocycles. The van der Waals surface area contributed by atoms with Crippen LogP contribution in [0.3, 0.4) is 0 Å². The third kappa shape index (κ3) is 10.1. The Morgan fingerprint density at radius 2 is 1.87 bits per heavy atom. The first kappa shape index (κ1) is 14.8. The molecule has 0 aromatic heterocycles. The highest BCUT2D eigenvalue weighted by molar-refractivity contribution is 4.64. The Bertz CT molecular complexity index is 135. The number of aliphatic hydroxyl groups is 1. The average Bonchev–Trinajstić information content (AvgIpc) is 2.22. The summed E-state index contributed by atoms with van der Waals surface area (Å²) in [6.45, 7) is 4.55. The van der Waals surface area contributed by atoms with E-state index in [0.717, 1.165) is 0 Å². The Morgan fingerprint density at radius 3 is 2.47 bits per heavy atom. The highest BCUT2D eigenvalue weighted by atomic mass is 16.5. The molecule has 0 radical (unpaired) electrons. The monoisotopic (exact) mass is 221 g/mol. The molecule has 5 heteroatoms. The standard InChI is InChI=1S/C10H23NO4/c1-9(7-14-3)11-6-10(12)8-15-5-4-13-2/h9-12H,4-8H2,1-3H3. The third-order valence-corrected chi connectivity index (χ3v) is 1.86. The van der Waals surface area contributed by atoms with Gasteiger partial charge in [-0.25, -0.2) is 0 Å². The Balaban J connectivity index is 3.28. The predicted octanol–water partition coefficient (Wildman–Crippen LogP) is -0.365. The van der Waals surface area contributed by atoms with Gasteiger partial charge in [0.2, 0.25) is 0 Å². The lowest BCUT2D eigenvalue weighted by atomic mass is 10.3. The van der Waals surface area contributed by atoms with E-state index in [4.69, 9.17) is 14.2 Å². The van der Waals surface area contributed by atoms with Crippen molar-refractivity contribution in [2.45, 2.75) is 19.1 Å². The van der Waals surface area contributed by atoms with Crippen LogP contribution in [-0.4, -0.2) is 64.4 Å². The molecule has 92 valence electrons. The summed E-state index contributed by atoms with van der Waals surface area (Å²) in [5.41, 5.74) is 0. The normalized spacial score (nSPS) is 15.2. The van der Waals surface area contributed by atoms with Crippen molar-refractivity contribution in [3.05, 3.63) is 0 Å². The van der Waals surface area contributed by atoms with Crippen LogP contribution in [0.15, 0.2) is 0 Å². The van der Waals surface area contributed by atoms with Gasteiger partial charge in [-0.2, -0.15) is 0 Å². The zero-order chi connectivity index (χ0) is 11.5. The van der Waals surface area contributed by atoms with Crippen molar-refractivity contribution in [3.63, 3.8) is 0 Å². The molecule has 0 amide bonds. The van der Waals surface area contributed by atoms with Crippen LogP contribution in [0.4, 0.5) is 0 Å². The van der Waals surface area contributed by atoms with E-state index in [9.17, 15) is 5.11 Å². The second-order valence-corrected chi connectivity index (χ2v) is 3.49. The van der Waals surface area contributed by atoms with E-state index in [1.54, 1.807) is 14.2 Å². The summed E-state index contributed by atoms with van der Waals surface area (Å²) in [7, 11) is 3.27. The molecule has 0 aliphatic rings. The van der Waals surface area contributed by atoms with Gasteiger partial charge in [-0.1, -0.05) is 0 Å². The summed E-state index contributed by atoms with van der Waals surface area (Å²) in [5.74, 6) is 0. The molecular weight excluding hydrogens is 198 g/mol. The molecule has 15 heavy (non-hydrogen) atoms. The zero-order valence-electron chi connectivity index (χ0n) is 9.86. The maximum atomic E-state index is 9.50. The smallest absolute Gasteiger partial charge is 0.0897 e. The summed E-state index contributed by atoms with van der Waals surface area (Å²) < 4.78 is 15.0. The SMILES string of the molecule is COCCOCC(O)CNC(C)COC. The lowest BCUT2D eigenvalue weighted by Gasteiger charge is -2.16. The molecule has 0 fully saturated rings. The van der Waals surface area contributed by atoms with Gasteiger partial charge < -0.3 is 24.6 Å². The summed E-state index contributed by atoms with van der Waals surface area (Å²) in [5, 5.41) is 12.6. The molecule has 5 nitrogen and oxygen atoms in total. The van der Waals surface area contributed by atoms with Crippen LogP contribution in [0, 0.1) is 0 Å². The minimum Gasteiger partial charge on any atom is -0.389 e. The van der Waals surface area contributed by atoms with Gasteiger partial charge in [0.25, 0.3) is 0 Å². The molecule has 2 atom stereocenters. The minimum atomic E-state index is -0.485. The fraction of sp³-hybridized carbons (Fsp3) is 1.00. The maximum Gasteiger partial charge on any atom is 0.0897 e. The molecule has 0 saturated carbocycles. The molecule has 0 bridgehead atoms. The summed E-state index contributed by atoms with van der Waals surface area (Å²) >= 11 is 0. The number of hydrogen-bond acceptors (Lipinski definition) is 5. The quantitative estimate of drug-likeness (QED) is 0.493. The van der Waals surface area contributed by atoms with Gasteiger partial charge in [-0.3, -0.25) is 0 Å². The summed E-state index contributed by atoms with van der Waals surface area (Å²) in [6.07, 6.45) is -0.485. The molecule has 0 spiro atoms. The Labute approximate surface area is 91.7 Å². The third-order valence-electron chi connectivity index (χ3n) is 1.86. The van der Waals surface area contributed by atoms with Crippen LogP contribution in [0.5, 0.6) is 0 Å². The molecular formula is C10H23NO4. The van der Waals surface area contributed by atoms with Crippen LogP contribution >= 0.6 is 0 Å². The molecule has 0 rings (SSSR count). The van der Waals surface area contributed by atoms with Crippen molar-refractivity contribution >= 4 is 0 Å². The first-order chi connectivity index (χ1) is 7.20. The number of rotatable bonds is 10. The first-order valence-corrected chi connectivity index (χ1v) is 5.17. The van der Waals surface area contributed by atoms with Crippen LogP contribution in [0.1, 0.15) is 6.92 Å². The van der Waals surface area contributed by atoms with E-state index in [1.807, 2.05) is 6.92 Å². The minimum absolute atomic E-state index is 0.239. The van der Waals surface area contributed by atoms with Gasteiger partial charge in [0, 0.05) is 26.8 Å². The van der Waals surface area contributed by atoms with Gasteiger partial charge in [-0.15, -0.1) is 0 Å². The molecule has 0 saturated heterocycles. The first-order valence-electron chi connectivity index (χ1n) is 5.17. The highest BCUT2D eigenvalue weighted by Gasteiger charge is 2.06. The lowest BCUT2D eigenvalue weighted by Crippen LogP contribution is -2.38. The van der Waals surface area contributed by atoms with Crippen LogP contribution in [0.2, 0.25) is 0 Å². The van der Waals surface area contributed by atoms with E-state index in [1.165, 1.54) is 0 Å². The Morgan fingerprint density at radius 1 is 1.13 bits per heavy atom. The topological polar surface area (TPSA) is 60.0 Å². The Kier molecular flexibility index (Phi) is 10.2. The van der Waals surface area contributed by atoms with Crippen molar-refractivity contribution in [3.8, 4) is 0 Å². The summed E-state index contributed by atoms with van der Waals surface area (Å²) in [4.78, 5) is 0. The van der Waals surface area contributed by atoms with E-state index in [2.05, 4.69) is 5.32 Å². The summed E-state index contributed by atoms with van der Waals surface area (Å²) in [6, 6.07) is 0.239. The van der Waals surface area contributed by atoms with Crippen molar-refractivity contribution in [2.75, 3.05) is 47.2 Å². The second kappa shape index (κ2) is 10.3. The molecule has 0 aliphatic carbocycles. The van der Waals surface area contributed by atoms with Crippen molar-refractivity contribution in [1.29, 1.82) is 0 Å². The van der Waals surface area contributed by atoms with Gasteiger partial charge in [0.15, 0.2) is 0 Å². The van der Waals surface area contributed by atoms with Crippen LogP contribution < -0.4 is 5.32 Å². The van der Waals surface area contributed by atoms with Gasteiger partial charge in [0.05, 0.1) is 32.5 Å². The fourth-order valence-corrected chi connectivity index (χ4v) is 1.07. The van der Waals surface area contributed by atoms with E-state index in [-0.39, 0.29) is 6.04 Å². The van der Waals surface area contributed by atoms with E-state index in [0.29, 0.717) is 33.0 Å². The van der Waals surface area contributed by atoms with Crippen molar-refractivity contribution in [2.24, 2.45) is 0 Å². The maximum absolute atomic E-state index is 9.50. The fourth-order valence-electron chi connectivity index (χ4n) is 1.07. The van der Waals surface area contributed by atoms with Crippen LogP contribution in [0.25, 0.3) is 0 Å². The van der Waals surface area contributed by atoms with Crippen LogP contribution in [-0.2, 0) is 14.2 Å². The van der Waals surface area contributed by atoms with Gasteiger partial charge >= 0.3 is 0 Å². The average molecular weight is 221 g/mol. The highest BCUT2D eigenvalue weighted by Crippen LogP contribution is 1.87. The number of nitrogens with one attached hydrogen (secondary N) is 1. The molecule has 0 heterocycles. The molecule has 2 N–H and O–H groups in total. The largest absolute Gasteiger partial charge is 0.389 e. The van der Waals surface area contributed by atoms with E-state index >= 15 is 0 Å². The molecule has 0 aromatic rings. The zero-order valence-corrected chi connectivity index (χ0v) is 9.86. The number of aliphatic hydroxyl groups excluding tert-OH is 1. The Hall–Kier alpha value is -0.200. The predicted molar refractivity (Wildman–Crippen MR) is 58.0 cm³/mol. The number of ether oxygens (including phenoxy) is 3. The van der Waals surface area contributed by atoms with Gasteiger partial charge in [-0.05, 0) is 6.92 Å². The number of hydrogen-bond donors (Lipinski definition) is 2. The van der Waals surface area contributed by atoms with Gasteiger partial charge in [0.1, 0.15) is 0 Å². The molecule has 0 aliphatic heterocycles. The second-order valence-electron chi connectivity index (χ2n) is 3.49.